The summed E-state index contributed by atoms with van der Waals surface area (Å²) in [5.74, 6) is 1.24. The Morgan fingerprint density at radius 1 is 0.889 bits per heavy atom. The van der Waals surface area contributed by atoms with Gasteiger partial charge in [0.1, 0.15) is 6.16 Å². The van der Waals surface area contributed by atoms with Crippen LogP contribution in [0.1, 0.15) is 6.92 Å². The van der Waals surface area contributed by atoms with Gasteiger partial charge in [-0.25, -0.2) is 0 Å². The molecule has 1 aliphatic rings. The topological polar surface area (TPSA) is 41.5 Å². The molecule has 0 saturated heterocycles. The minimum atomic E-state index is -3.10. The molecule has 0 bridgehead atoms. The molecule has 1 heterocycles. The van der Waals surface area contributed by atoms with Gasteiger partial charge in [0.05, 0.1) is 0 Å². The van der Waals surface area contributed by atoms with Gasteiger partial charge in [-0.05, 0) is 19.1 Å². The lowest BCUT2D eigenvalue weighted by Gasteiger charge is -2.24. The summed E-state index contributed by atoms with van der Waals surface area (Å²) in [5.41, 5.74) is 1.83. The lowest BCUT2D eigenvalue weighted by molar-refractivity contribution is -0.202. The molecule has 0 unspecified atom stereocenters. The third kappa shape index (κ3) is 1.86. The predicted octanol–water partition coefficient (Wildman–Crippen LogP) is 3.27. The number of hydrogen-bond acceptors (Lipinski definition) is 3. The first-order chi connectivity index (χ1) is 8.72. The summed E-state index contributed by atoms with van der Waals surface area (Å²) < 4.78 is 11.2. The van der Waals surface area contributed by atoms with E-state index in [0.29, 0.717) is 17.7 Å². The van der Waals surface area contributed by atoms with Gasteiger partial charge in [-0.2, -0.15) is 0 Å². The highest BCUT2D eigenvalue weighted by molar-refractivity contribution is 7.60. The van der Waals surface area contributed by atoms with Gasteiger partial charge in [-0.1, -0.05) is 36.4 Å². The average molecular weight is 260 g/mol. The van der Waals surface area contributed by atoms with E-state index < -0.39 is 7.94 Å². The second kappa shape index (κ2) is 4.27. The second-order valence-electron chi connectivity index (χ2n) is 4.10. The molecular formula is C14H13O3P. The van der Waals surface area contributed by atoms with Crippen LogP contribution in [0.3, 0.4) is 0 Å². The van der Waals surface area contributed by atoms with Gasteiger partial charge in [0.15, 0.2) is 11.5 Å². The van der Waals surface area contributed by atoms with E-state index >= 15 is 0 Å². The minimum Gasteiger partial charge on any atom is -0.617 e. The van der Waals surface area contributed by atoms with Crippen LogP contribution in [0.4, 0.5) is 0 Å². The average Bonchev–Trinajstić information content (AvgIpc) is 2.52. The molecule has 0 aliphatic carbocycles. The maximum Gasteiger partial charge on any atom is 0.331 e. The Labute approximate surface area is 107 Å². The van der Waals surface area contributed by atoms with E-state index in [2.05, 4.69) is 0 Å². The van der Waals surface area contributed by atoms with Crippen LogP contribution in [0.25, 0.3) is 11.1 Å². The van der Waals surface area contributed by atoms with Crippen molar-refractivity contribution < 1.29 is 13.9 Å². The first-order valence-corrected chi connectivity index (χ1v) is 7.61. The van der Waals surface area contributed by atoms with E-state index in [0.717, 1.165) is 11.1 Å². The highest BCUT2D eigenvalue weighted by atomic mass is 31.2. The number of para-hydroxylation sites is 2. The molecule has 0 atom stereocenters. The Morgan fingerprint density at radius 3 is 1.78 bits per heavy atom. The Morgan fingerprint density at radius 2 is 1.33 bits per heavy atom. The number of rotatable bonds is 1. The van der Waals surface area contributed by atoms with Crippen LogP contribution in [0.5, 0.6) is 11.5 Å². The zero-order valence-electron chi connectivity index (χ0n) is 10.00. The molecule has 0 fully saturated rings. The molecule has 0 amide bonds. The van der Waals surface area contributed by atoms with Gasteiger partial charge < -0.3 is 13.9 Å². The lowest BCUT2D eigenvalue weighted by Crippen LogP contribution is -2.22. The lowest BCUT2D eigenvalue weighted by atomic mass is 10.0. The molecule has 3 rings (SSSR count). The fraction of sp³-hybridized carbons (Fsp3) is 0.143. The summed E-state index contributed by atoms with van der Waals surface area (Å²) in [4.78, 5) is 12.5. The molecule has 4 heteroatoms. The van der Waals surface area contributed by atoms with Crippen LogP contribution in [-0.2, 0) is 0 Å². The predicted molar refractivity (Wildman–Crippen MR) is 70.6 cm³/mol. The van der Waals surface area contributed by atoms with Gasteiger partial charge in [-0.3, -0.25) is 0 Å². The Kier molecular flexibility index (Phi) is 2.73. The Bertz CT molecular complexity index is 535. The summed E-state index contributed by atoms with van der Waals surface area (Å²) in [6, 6.07) is 15.1. The molecule has 3 nitrogen and oxygen atoms in total. The molecule has 0 spiro atoms. The maximum atomic E-state index is 12.5. The van der Waals surface area contributed by atoms with Gasteiger partial charge in [0, 0.05) is 11.1 Å². The highest BCUT2D eigenvalue weighted by Gasteiger charge is 2.36. The van der Waals surface area contributed by atoms with Crippen LogP contribution >= 0.6 is 7.94 Å². The van der Waals surface area contributed by atoms with E-state index in [1.54, 1.807) is 6.92 Å². The molecule has 2 aromatic carbocycles. The minimum absolute atomic E-state index is 0.343. The molecule has 92 valence electrons. The number of hydrogen-bond donors (Lipinski definition) is 0. The van der Waals surface area contributed by atoms with Crippen molar-refractivity contribution in [1.29, 1.82) is 0 Å². The van der Waals surface area contributed by atoms with Crippen LogP contribution < -0.4 is 13.9 Å². The molecule has 18 heavy (non-hydrogen) atoms. The smallest absolute Gasteiger partial charge is 0.331 e. The molecule has 0 saturated carbocycles. The molecule has 0 aromatic heterocycles. The van der Waals surface area contributed by atoms with Gasteiger partial charge in [0.25, 0.3) is 0 Å². The van der Waals surface area contributed by atoms with Crippen molar-refractivity contribution in [3.8, 4) is 22.6 Å². The van der Waals surface area contributed by atoms with E-state index in [1.807, 2.05) is 48.5 Å². The third-order valence-corrected chi connectivity index (χ3v) is 4.65. The summed E-state index contributed by atoms with van der Waals surface area (Å²) in [6.07, 6.45) is 0.343. The Hall–Kier alpha value is -1.57. The Balaban J connectivity index is 2.24. The van der Waals surface area contributed by atoms with E-state index in [4.69, 9.17) is 9.05 Å². The molecular weight excluding hydrogens is 247 g/mol. The van der Waals surface area contributed by atoms with E-state index in [9.17, 15) is 4.89 Å². The van der Waals surface area contributed by atoms with Crippen molar-refractivity contribution in [2.24, 2.45) is 0 Å². The number of benzene rings is 2. The van der Waals surface area contributed by atoms with Crippen LogP contribution in [0, 0.1) is 0 Å². The summed E-state index contributed by atoms with van der Waals surface area (Å²) in [5, 5.41) is 0. The fourth-order valence-electron chi connectivity index (χ4n) is 1.98. The van der Waals surface area contributed by atoms with Crippen molar-refractivity contribution >= 4 is 7.94 Å². The quantitative estimate of drug-likeness (QED) is 0.739. The van der Waals surface area contributed by atoms with Gasteiger partial charge in [0.2, 0.25) is 0 Å². The van der Waals surface area contributed by atoms with Crippen molar-refractivity contribution in [2.45, 2.75) is 6.92 Å². The van der Waals surface area contributed by atoms with Crippen molar-refractivity contribution in [3.05, 3.63) is 48.5 Å². The molecule has 0 N–H and O–H groups in total. The molecule has 1 aliphatic heterocycles. The fourth-order valence-corrected chi connectivity index (χ4v) is 3.20. The first-order valence-electron chi connectivity index (χ1n) is 5.88. The molecule has 0 radical (unpaired) electrons. The van der Waals surface area contributed by atoms with E-state index in [1.165, 1.54) is 0 Å². The van der Waals surface area contributed by atoms with Crippen LogP contribution in [-0.4, -0.2) is 6.16 Å². The van der Waals surface area contributed by atoms with Crippen molar-refractivity contribution in [3.63, 3.8) is 0 Å². The summed E-state index contributed by atoms with van der Waals surface area (Å²) in [6.45, 7) is 1.80. The largest absolute Gasteiger partial charge is 0.617 e. The van der Waals surface area contributed by atoms with Crippen molar-refractivity contribution in [1.82, 2.24) is 0 Å². The summed E-state index contributed by atoms with van der Waals surface area (Å²) in [7, 11) is -3.10. The zero-order valence-corrected chi connectivity index (χ0v) is 10.9. The van der Waals surface area contributed by atoms with Crippen LogP contribution in [0.15, 0.2) is 48.5 Å². The second-order valence-corrected chi connectivity index (χ2v) is 6.32. The zero-order chi connectivity index (χ0) is 12.6. The standard InChI is InChI=1S/C14H13O3P/c1-2-18(15)16-13-9-5-3-7-11(13)12-8-4-6-10-14(12)17-18/h3-10H,2H2,1H3. The SMILES string of the molecule is CC[P+]1([O-])Oc2ccccc2-c2ccccc2O1. The molecule has 2 aromatic rings. The van der Waals surface area contributed by atoms with Crippen LogP contribution in [0.2, 0.25) is 0 Å². The monoisotopic (exact) mass is 260 g/mol. The maximum absolute atomic E-state index is 12.5. The third-order valence-electron chi connectivity index (χ3n) is 2.93. The normalized spacial score (nSPS) is 15.7. The van der Waals surface area contributed by atoms with E-state index in [-0.39, 0.29) is 0 Å². The van der Waals surface area contributed by atoms with Gasteiger partial charge >= 0.3 is 7.94 Å². The summed E-state index contributed by atoms with van der Waals surface area (Å²) >= 11 is 0. The van der Waals surface area contributed by atoms with Crippen molar-refractivity contribution in [2.75, 3.05) is 6.16 Å². The van der Waals surface area contributed by atoms with Gasteiger partial charge in [-0.15, -0.1) is 0 Å². The first kappa shape index (κ1) is 11.5. The highest BCUT2D eigenvalue weighted by Crippen LogP contribution is 2.57. The number of fused-ring (bicyclic) bond motifs is 3.